The van der Waals surface area contributed by atoms with Gasteiger partial charge in [-0.3, -0.25) is 15.5 Å². The number of hydrogen-bond donors (Lipinski definition) is 4. The molecule has 0 radical (unpaired) electrons. The first-order valence-corrected chi connectivity index (χ1v) is 6.99. The summed E-state index contributed by atoms with van der Waals surface area (Å²) in [5.41, 5.74) is 5.34. The van der Waals surface area contributed by atoms with Gasteiger partial charge in [-0.2, -0.15) is 0 Å². The molecule has 0 aliphatic heterocycles. The molecular weight excluding hydrogens is 316 g/mol. The van der Waals surface area contributed by atoms with Gasteiger partial charge >= 0.3 is 6.03 Å². The molecule has 0 fully saturated rings. The number of thiocarbonyl (C=S) groups is 1. The van der Waals surface area contributed by atoms with E-state index in [1.54, 1.807) is 36.4 Å². The van der Waals surface area contributed by atoms with Crippen molar-refractivity contribution < 1.29 is 14.0 Å². The normalized spacial score (nSPS) is 10.1. The van der Waals surface area contributed by atoms with Crippen LogP contribution in [0.4, 0.5) is 10.5 Å². The number of nitrogens with one attached hydrogen (secondary N) is 4. The van der Waals surface area contributed by atoms with Gasteiger partial charge in [-0.1, -0.05) is 18.2 Å². The Kier molecular flexibility index (Phi) is 5.89. The first-order valence-electron chi connectivity index (χ1n) is 6.58. The molecule has 0 unspecified atom stereocenters. The SMILES string of the molecule is O=C(/C=C/c1ccco1)NC(=S)NNC(=O)Nc1ccccc1. The number of anilines is 1. The number of furan rings is 1. The summed E-state index contributed by atoms with van der Waals surface area (Å²) >= 11 is 4.88. The predicted octanol–water partition coefficient (Wildman–Crippen LogP) is 2.02. The van der Waals surface area contributed by atoms with Crippen LogP contribution >= 0.6 is 12.2 Å². The van der Waals surface area contributed by atoms with Crippen molar-refractivity contribution in [3.63, 3.8) is 0 Å². The van der Waals surface area contributed by atoms with Gasteiger partial charge in [0, 0.05) is 11.8 Å². The van der Waals surface area contributed by atoms with Gasteiger partial charge in [-0.25, -0.2) is 10.2 Å². The lowest BCUT2D eigenvalue weighted by Gasteiger charge is -2.10. The molecule has 0 aliphatic carbocycles. The molecule has 0 bridgehead atoms. The smallest absolute Gasteiger partial charge is 0.337 e. The lowest BCUT2D eigenvalue weighted by molar-refractivity contribution is -0.115. The number of hydrazine groups is 1. The lowest BCUT2D eigenvalue weighted by Crippen LogP contribution is -2.49. The maximum Gasteiger partial charge on any atom is 0.337 e. The fourth-order valence-corrected chi connectivity index (χ4v) is 1.68. The molecule has 3 amide bonds. The monoisotopic (exact) mass is 330 g/mol. The second-order valence-electron chi connectivity index (χ2n) is 4.24. The van der Waals surface area contributed by atoms with Crippen LogP contribution < -0.4 is 21.5 Å². The van der Waals surface area contributed by atoms with E-state index in [1.807, 2.05) is 6.07 Å². The number of carbonyl (C=O) groups is 2. The highest BCUT2D eigenvalue weighted by Gasteiger charge is 2.04. The minimum atomic E-state index is -0.515. The van der Waals surface area contributed by atoms with Crippen molar-refractivity contribution >= 4 is 41.0 Å². The molecule has 118 valence electrons. The van der Waals surface area contributed by atoms with E-state index >= 15 is 0 Å². The van der Waals surface area contributed by atoms with E-state index in [2.05, 4.69) is 21.5 Å². The number of benzene rings is 1. The molecule has 7 nitrogen and oxygen atoms in total. The van der Waals surface area contributed by atoms with E-state index in [1.165, 1.54) is 18.4 Å². The molecule has 2 rings (SSSR count). The zero-order valence-electron chi connectivity index (χ0n) is 11.9. The summed E-state index contributed by atoms with van der Waals surface area (Å²) in [6.45, 7) is 0. The quantitative estimate of drug-likeness (QED) is 0.392. The number of rotatable bonds is 3. The molecular formula is C15H14N4O3S. The summed E-state index contributed by atoms with van der Waals surface area (Å²) in [6.07, 6.45) is 4.25. The van der Waals surface area contributed by atoms with Crippen LogP contribution in [0.5, 0.6) is 0 Å². The number of hydrogen-bond acceptors (Lipinski definition) is 4. The molecule has 1 heterocycles. The molecule has 0 aliphatic rings. The summed E-state index contributed by atoms with van der Waals surface area (Å²) in [4.78, 5) is 23.2. The highest BCUT2D eigenvalue weighted by atomic mass is 32.1. The van der Waals surface area contributed by atoms with Crippen LogP contribution in [0, 0.1) is 0 Å². The van der Waals surface area contributed by atoms with E-state index in [0.29, 0.717) is 11.4 Å². The fraction of sp³-hybridized carbons (Fsp3) is 0. The summed E-state index contributed by atoms with van der Waals surface area (Å²) < 4.78 is 5.04. The standard InChI is InChI=1S/C15H14N4O3S/c20-13(9-8-12-7-4-10-22-12)17-15(23)19-18-14(21)16-11-5-2-1-3-6-11/h1-10H,(H2,16,18,21)(H2,17,19,20,23)/b9-8+. The summed E-state index contributed by atoms with van der Waals surface area (Å²) in [5, 5.41) is 4.92. The highest BCUT2D eigenvalue weighted by molar-refractivity contribution is 7.80. The van der Waals surface area contributed by atoms with Crippen LogP contribution in [0.15, 0.2) is 59.2 Å². The molecule has 1 aromatic carbocycles. The van der Waals surface area contributed by atoms with E-state index in [0.717, 1.165) is 0 Å². The van der Waals surface area contributed by atoms with Crippen molar-refractivity contribution in [3.8, 4) is 0 Å². The Labute approximate surface area is 137 Å². The minimum Gasteiger partial charge on any atom is -0.465 e. The van der Waals surface area contributed by atoms with E-state index in [-0.39, 0.29) is 5.11 Å². The van der Waals surface area contributed by atoms with Gasteiger partial charge < -0.3 is 9.73 Å². The maximum atomic E-state index is 11.6. The van der Waals surface area contributed by atoms with Gasteiger partial charge in [-0.05, 0) is 42.6 Å². The third-order valence-corrected chi connectivity index (χ3v) is 2.70. The van der Waals surface area contributed by atoms with Crippen LogP contribution in [0.2, 0.25) is 0 Å². The Hall–Kier alpha value is -3.13. The summed E-state index contributed by atoms with van der Waals surface area (Å²) in [5.74, 6) is 0.0866. The van der Waals surface area contributed by atoms with Gasteiger partial charge in [0.15, 0.2) is 5.11 Å². The van der Waals surface area contributed by atoms with Crippen molar-refractivity contribution in [2.45, 2.75) is 0 Å². The van der Waals surface area contributed by atoms with Gasteiger partial charge in [0.25, 0.3) is 0 Å². The lowest BCUT2D eigenvalue weighted by atomic mass is 10.3. The average molecular weight is 330 g/mol. The first kappa shape index (κ1) is 16.2. The molecule has 0 saturated heterocycles. The fourth-order valence-electron chi connectivity index (χ4n) is 1.53. The average Bonchev–Trinajstić information content (AvgIpc) is 3.05. The predicted molar refractivity (Wildman–Crippen MR) is 90.2 cm³/mol. The Bertz CT molecular complexity index is 699. The number of para-hydroxylation sites is 1. The summed E-state index contributed by atoms with van der Waals surface area (Å²) in [6, 6.07) is 11.8. The zero-order chi connectivity index (χ0) is 16.5. The van der Waals surface area contributed by atoms with Crippen LogP contribution in [-0.2, 0) is 4.79 Å². The molecule has 8 heteroatoms. The molecule has 0 atom stereocenters. The zero-order valence-corrected chi connectivity index (χ0v) is 12.7. The van der Waals surface area contributed by atoms with Crippen molar-refractivity contribution in [3.05, 3.63) is 60.6 Å². The van der Waals surface area contributed by atoms with Gasteiger partial charge in [-0.15, -0.1) is 0 Å². The maximum absolute atomic E-state index is 11.6. The Balaban J connectivity index is 1.70. The van der Waals surface area contributed by atoms with Gasteiger partial charge in [0.2, 0.25) is 5.91 Å². The minimum absolute atomic E-state index is 0.0395. The second kappa shape index (κ2) is 8.35. The van der Waals surface area contributed by atoms with Crippen molar-refractivity contribution in [1.82, 2.24) is 16.2 Å². The van der Waals surface area contributed by atoms with Crippen molar-refractivity contribution in [1.29, 1.82) is 0 Å². The largest absolute Gasteiger partial charge is 0.465 e. The van der Waals surface area contributed by atoms with E-state index in [9.17, 15) is 9.59 Å². The van der Waals surface area contributed by atoms with Crippen LogP contribution in [-0.4, -0.2) is 17.1 Å². The molecule has 23 heavy (non-hydrogen) atoms. The Morgan fingerprint density at radius 1 is 1.04 bits per heavy atom. The van der Waals surface area contributed by atoms with Gasteiger partial charge in [0.05, 0.1) is 6.26 Å². The third kappa shape index (κ3) is 6.02. The van der Waals surface area contributed by atoms with Crippen molar-refractivity contribution in [2.24, 2.45) is 0 Å². The highest BCUT2D eigenvalue weighted by Crippen LogP contribution is 2.03. The van der Waals surface area contributed by atoms with Crippen LogP contribution in [0.3, 0.4) is 0 Å². The van der Waals surface area contributed by atoms with Crippen molar-refractivity contribution in [2.75, 3.05) is 5.32 Å². The van der Waals surface area contributed by atoms with Crippen LogP contribution in [0.1, 0.15) is 5.76 Å². The Morgan fingerprint density at radius 3 is 2.52 bits per heavy atom. The molecule has 2 aromatic rings. The molecule has 0 saturated carbocycles. The molecule has 1 aromatic heterocycles. The van der Waals surface area contributed by atoms with Crippen LogP contribution in [0.25, 0.3) is 6.08 Å². The van der Waals surface area contributed by atoms with Gasteiger partial charge in [0.1, 0.15) is 5.76 Å². The van der Waals surface area contributed by atoms with E-state index in [4.69, 9.17) is 16.6 Å². The third-order valence-electron chi connectivity index (χ3n) is 2.50. The summed E-state index contributed by atoms with van der Waals surface area (Å²) in [7, 11) is 0. The molecule has 4 N–H and O–H groups in total. The van der Waals surface area contributed by atoms with E-state index < -0.39 is 11.9 Å². The second-order valence-corrected chi connectivity index (χ2v) is 4.65. The topological polar surface area (TPSA) is 95.4 Å². The first-order chi connectivity index (χ1) is 11.1. The number of amides is 3. The number of urea groups is 1. The molecule has 0 spiro atoms. The Morgan fingerprint density at radius 2 is 1.83 bits per heavy atom. The number of carbonyl (C=O) groups excluding carboxylic acids is 2.